The highest BCUT2D eigenvalue weighted by Crippen LogP contribution is 2.41. The summed E-state index contributed by atoms with van der Waals surface area (Å²) in [5, 5.41) is 17.0. The zero-order valence-electron chi connectivity index (χ0n) is 18.3. The van der Waals surface area contributed by atoms with Gasteiger partial charge in [-0.3, -0.25) is 9.59 Å². The summed E-state index contributed by atoms with van der Waals surface area (Å²) >= 11 is 7.10. The Bertz CT molecular complexity index is 1100. The molecule has 0 unspecified atom stereocenters. The molecule has 2 N–H and O–H groups in total. The van der Waals surface area contributed by atoms with Crippen LogP contribution in [-0.4, -0.2) is 24.2 Å². The summed E-state index contributed by atoms with van der Waals surface area (Å²) in [6.07, 6.45) is 3.23. The molecular formula is C24H24ClN3O4S. The highest BCUT2D eigenvalue weighted by Gasteiger charge is 2.36. The number of ether oxygens (including phenoxy) is 1. The molecule has 33 heavy (non-hydrogen) atoms. The van der Waals surface area contributed by atoms with Crippen molar-refractivity contribution in [3.05, 3.63) is 75.3 Å². The first kappa shape index (κ1) is 24.5. The molecular weight excluding hydrogens is 462 g/mol. The number of hydrogen-bond donors (Lipinski definition) is 2. The Morgan fingerprint density at radius 1 is 1.30 bits per heavy atom. The topological polar surface area (TPSA) is 104 Å². The highest BCUT2D eigenvalue weighted by atomic mass is 35.5. The van der Waals surface area contributed by atoms with E-state index in [-0.39, 0.29) is 17.6 Å². The van der Waals surface area contributed by atoms with Crippen LogP contribution in [-0.2, 0) is 14.3 Å². The Morgan fingerprint density at radius 2 is 2.06 bits per heavy atom. The van der Waals surface area contributed by atoms with Crippen LogP contribution in [0.2, 0.25) is 5.02 Å². The number of hydrogen-bond acceptors (Lipinski definition) is 7. The minimum Gasteiger partial charge on any atom is -0.468 e. The van der Waals surface area contributed by atoms with Crippen LogP contribution < -0.4 is 10.6 Å². The van der Waals surface area contributed by atoms with Crippen molar-refractivity contribution in [2.45, 2.75) is 32.6 Å². The normalized spacial score (nSPS) is 15.6. The van der Waals surface area contributed by atoms with Gasteiger partial charge < -0.3 is 19.8 Å². The number of anilines is 1. The van der Waals surface area contributed by atoms with Gasteiger partial charge in [-0.1, -0.05) is 36.7 Å². The molecule has 0 aliphatic carbocycles. The van der Waals surface area contributed by atoms with Crippen LogP contribution in [0.5, 0.6) is 0 Å². The molecule has 2 heterocycles. The predicted octanol–water partition coefficient (Wildman–Crippen LogP) is 5.34. The summed E-state index contributed by atoms with van der Waals surface area (Å²) in [6, 6.07) is 12.4. The molecule has 1 aliphatic heterocycles. The zero-order valence-corrected chi connectivity index (χ0v) is 19.9. The molecule has 9 heteroatoms. The molecule has 1 aliphatic rings. The second-order valence-corrected chi connectivity index (χ2v) is 8.71. The van der Waals surface area contributed by atoms with Gasteiger partial charge in [-0.05, 0) is 49.7 Å². The number of halogens is 1. The summed E-state index contributed by atoms with van der Waals surface area (Å²) in [5.41, 5.74) is 1.78. The molecule has 0 bridgehead atoms. The molecule has 172 valence electrons. The Morgan fingerprint density at radius 3 is 2.70 bits per heavy atom. The van der Waals surface area contributed by atoms with Crippen molar-refractivity contribution in [1.29, 1.82) is 5.26 Å². The van der Waals surface area contributed by atoms with Crippen LogP contribution >= 0.6 is 23.4 Å². The number of esters is 1. The average molecular weight is 486 g/mol. The minimum atomic E-state index is -0.725. The standard InChI is InChI=1S/C24H24ClN3O4S/c1-3-4-11-32-20(29)14-33-24-18(13-26)22(19-6-5-12-31-19)21(15(2)27-24)23(30)28-17-9-7-16(25)8-10-17/h5-10,12,22,27H,3-4,11,14H2,1-2H3,(H,28,30)/t22-/m1/s1. The molecule has 2 aromatic rings. The van der Waals surface area contributed by atoms with Crippen LogP contribution in [0.1, 0.15) is 38.4 Å². The molecule has 0 fully saturated rings. The van der Waals surface area contributed by atoms with Crippen molar-refractivity contribution in [2.24, 2.45) is 0 Å². The van der Waals surface area contributed by atoms with Gasteiger partial charge in [0.1, 0.15) is 5.76 Å². The Balaban J connectivity index is 1.86. The van der Waals surface area contributed by atoms with Gasteiger partial charge in [0.2, 0.25) is 0 Å². The summed E-state index contributed by atoms with van der Waals surface area (Å²) in [4.78, 5) is 25.3. The number of thioether (sulfide) groups is 1. The van der Waals surface area contributed by atoms with E-state index in [1.54, 1.807) is 43.3 Å². The largest absolute Gasteiger partial charge is 0.468 e. The highest BCUT2D eigenvalue weighted by molar-refractivity contribution is 8.03. The van der Waals surface area contributed by atoms with E-state index >= 15 is 0 Å². The van der Waals surface area contributed by atoms with Crippen LogP contribution in [0.4, 0.5) is 5.69 Å². The van der Waals surface area contributed by atoms with Crippen molar-refractivity contribution in [3.8, 4) is 6.07 Å². The molecule has 0 spiro atoms. The molecule has 0 saturated carbocycles. The van der Waals surface area contributed by atoms with E-state index in [2.05, 4.69) is 16.7 Å². The number of rotatable bonds is 9. The van der Waals surface area contributed by atoms with E-state index in [4.69, 9.17) is 20.8 Å². The molecule has 0 saturated heterocycles. The van der Waals surface area contributed by atoms with Gasteiger partial charge in [0, 0.05) is 16.4 Å². The number of unbranched alkanes of at least 4 members (excludes halogenated alkanes) is 1. The van der Waals surface area contributed by atoms with Crippen molar-refractivity contribution in [2.75, 3.05) is 17.7 Å². The summed E-state index contributed by atoms with van der Waals surface area (Å²) in [5.74, 6) is -0.960. The lowest BCUT2D eigenvalue weighted by Crippen LogP contribution is -2.30. The van der Waals surface area contributed by atoms with Crippen molar-refractivity contribution < 1.29 is 18.7 Å². The number of dihydropyridines is 1. The molecule has 7 nitrogen and oxygen atoms in total. The SMILES string of the molecule is CCCCOC(=O)CSC1=C(C#N)[C@H](c2ccco2)C(C(=O)Nc2ccc(Cl)cc2)=C(C)N1. The van der Waals surface area contributed by atoms with E-state index < -0.39 is 5.92 Å². The molecule has 1 aromatic heterocycles. The first-order valence-electron chi connectivity index (χ1n) is 10.4. The van der Waals surface area contributed by atoms with Gasteiger partial charge in [0.15, 0.2) is 0 Å². The number of amides is 1. The second kappa shape index (κ2) is 11.6. The van der Waals surface area contributed by atoms with Gasteiger partial charge in [-0.2, -0.15) is 5.26 Å². The lowest BCUT2D eigenvalue weighted by atomic mass is 9.85. The first-order valence-corrected chi connectivity index (χ1v) is 11.8. The fraction of sp³-hybridized carbons (Fsp3) is 0.292. The van der Waals surface area contributed by atoms with Gasteiger partial charge in [-0.25, -0.2) is 0 Å². The van der Waals surface area contributed by atoms with Gasteiger partial charge in [-0.15, -0.1) is 0 Å². The third-order valence-corrected chi connectivity index (χ3v) is 6.16. The van der Waals surface area contributed by atoms with E-state index in [1.165, 1.54) is 18.0 Å². The Hall–Kier alpha value is -3.15. The maximum atomic E-state index is 13.3. The average Bonchev–Trinajstić information content (AvgIpc) is 3.33. The lowest BCUT2D eigenvalue weighted by Gasteiger charge is -2.28. The summed E-state index contributed by atoms with van der Waals surface area (Å²) in [7, 11) is 0. The van der Waals surface area contributed by atoms with Crippen molar-refractivity contribution >= 4 is 40.9 Å². The molecule has 1 aromatic carbocycles. The zero-order chi connectivity index (χ0) is 23.8. The fourth-order valence-electron chi connectivity index (χ4n) is 3.30. The van der Waals surface area contributed by atoms with E-state index in [0.717, 1.165) is 12.8 Å². The van der Waals surface area contributed by atoms with Gasteiger partial charge in [0.05, 0.1) is 46.8 Å². The molecule has 1 atom stereocenters. The van der Waals surface area contributed by atoms with Crippen LogP contribution in [0, 0.1) is 11.3 Å². The number of nitriles is 1. The maximum Gasteiger partial charge on any atom is 0.316 e. The van der Waals surface area contributed by atoms with E-state index in [0.29, 0.717) is 44.9 Å². The number of benzene rings is 1. The third-order valence-electron chi connectivity index (χ3n) is 4.92. The Kier molecular flexibility index (Phi) is 8.64. The molecule has 1 amide bonds. The number of nitrogens with zero attached hydrogens (tertiary/aromatic N) is 1. The number of allylic oxidation sites excluding steroid dienone is 2. The molecule has 0 radical (unpaired) electrons. The third kappa shape index (κ3) is 6.21. The second-order valence-electron chi connectivity index (χ2n) is 7.29. The van der Waals surface area contributed by atoms with Crippen LogP contribution in [0.25, 0.3) is 0 Å². The van der Waals surface area contributed by atoms with Crippen molar-refractivity contribution in [3.63, 3.8) is 0 Å². The van der Waals surface area contributed by atoms with E-state index in [1.807, 2.05) is 6.92 Å². The van der Waals surface area contributed by atoms with Crippen molar-refractivity contribution in [1.82, 2.24) is 5.32 Å². The summed E-state index contributed by atoms with van der Waals surface area (Å²) in [6.45, 7) is 4.14. The minimum absolute atomic E-state index is 0.0433. The number of carbonyl (C=O) groups is 2. The maximum absolute atomic E-state index is 13.3. The monoisotopic (exact) mass is 485 g/mol. The van der Waals surface area contributed by atoms with Crippen LogP contribution in [0.3, 0.4) is 0 Å². The lowest BCUT2D eigenvalue weighted by molar-refractivity contribution is -0.140. The smallest absolute Gasteiger partial charge is 0.316 e. The molecule has 3 rings (SSSR count). The fourth-order valence-corrected chi connectivity index (χ4v) is 4.32. The van der Waals surface area contributed by atoms with Crippen LogP contribution in [0.15, 0.2) is 69.0 Å². The summed E-state index contributed by atoms with van der Waals surface area (Å²) < 4.78 is 10.8. The number of carbonyl (C=O) groups excluding carboxylic acids is 2. The predicted molar refractivity (Wildman–Crippen MR) is 128 cm³/mol. The number of nitrogens with one attached hydrogen (secondary N) is 2. The Labute approximate surface area is 201 Å². The quantitative estimate of drug-likeness (QED) is 0.364. The van der Waals surface area contributed by atoms with Gasteiger partial charge in [0.25, 0.3) is 5.91 Å². The van der Waals surface area contributed by atoms with E-state index in [9.17, 15) is 14.9 Å². The first-order chi connectivity index (χ1) is 15.9. The number of furan rings is 1. The van der Waals surface area contributed by atoms with Gasteiger partial charge >= 0.3 is 5.97 Å².